The Morgan fingerprint density at radius 3 is 2.57 bits per heavy atom. The molecule has 1 aromatic rings. The molecule has 0 aliphatic heterocycles. The highest BCUT2D eigenvalue weighted by molar-refractivity contribution is 6.00. The van der Waals surface area contributed by atoms with Crippen LogP contribution in [0.1, 0.15) is 62.4 Å². The van der Waals surface area contributed by atoms with Crippen LogP contribution < -0.4 is 10.6 Å². The van der Waals surface area contributed by atoms with Gasteiger partial charge in [0.05, 0.1) is 5.56 Å². The van der Waals surface area contributed by atoms with E-state index in [2.05, 4.69) is 24.5 Å². The van der Waals surface area contributed by atoms with Crippen molar-refractivity contribution in [2.45, 2.75) is 59.4 Å². The lowest BCUT2D eigenvalue weighted by Gasteiger charge is -2.34. The van der Waals surface area contributed by atoms with Crippen molar-refractivity contribution in [3.05, 3.63) is 29.3 Å². The van der Waals surface area contributed by atoms with Gasteiger partial charge in [0.15, 0.2) is 0 Å². The summed E-state index contributed by atoms with van der Waals surface area (Å²) in [6.07, 6.45) is 4.54. The molecule has 0 bridgehead atoms. The van der Waals surface area contributed by atoms with E-state index in [1.807, 2.05) is 32.0 Å². The normalized spacial score (nSPS) is 18.3. The number of carbonyl (C=O) groups excluding carboxylic acids is 1. The van der Waals surface area contributed by atoms with Gasteiger partial charge in [-0.15, -0.1) is 0 Å². The van der Waals surface area contributed by atoms with Gasteiger partial charge in [-0.05, 0) is 57.1 Å². The van der Waals surface area contributed by atoms with Crippen LogP contribution in [0.15, 0.2) is 18.2 Å². The van der Waals surface area contributed by atoms with Gasteiger partial charge in [0, 0.05) is 18.3 Å². The van der Waals surface area contributed by atoms with E-state index in [-0.39, 0.29) is 5.91 Å². The van der Waals surface area contributed by atoms with Crippen LogP contribution in [0.3, 0.4) is 0 Å². The summed E-state index contributed by atoms with van der Waals surface area (Å²) in [4.78, 5) is 12.6. The van der Waals surface area contributed by atoms with Crippen molar-refractivity contribution in [2.24, 2.45) is 5.41 Å². The smallest absolute Gasteiger partial charge is 0.253 e. The molecule has 0 saturated heterocycles. The van der Waals surface area contributed by atoms with E-state index in [0.29, 0.717) is 11.5 Å². The first kappa shape index (κ1) is 15.9. The van der Waals surface area contributed by atoms with E-state index in [1.54, 1.807) is 0 Å². The van der Waals surface area contributed by atoms with Gasteiger partial charge < -0.3 is 10.6 Å². The molecule has 1 fully saturated rings. The number of aryl methyl sites for hydroxylation is 1. The predicted octanol–water partition coefficient (Wildman–Crippen LogP) is 4.13. The number of amides is 1. The Balaban J connectivity index is 2.05. The second-order valence-corrected chi connectivity index (χ2v) is 6.99. The first-order chi connectivity index (χ1) is 9.91. The maximum atomic E-state index is 12.6. The molecule has 1 saturated carbocycles. The van der Waals surface area contributed by atoms with Crippen molar-refractivity contribution < 1.29 is 4.79 Å². The SMILES string of the molecule is CCNc1ccc(C)cc1C(=O)NC1CCC(C)(C)CC1. The average Bonchev–Trinajstić information content (AvgIpc) is 2.43. The summed E-state index contributed by atoms with van der Waals surface area (Å²) in [7, 11) is 0. The highest BCUT2D eigenvalue weighted by Crippen LogP contribution is 2.35. The van der Waals surface area contributed by atoms with Crippen LogP contribution >= 0.6 is 0 Å². The van der Waals surface area contributed by atoms with Gasteiger partial charge in [0.2, 0.25) is 0 Å². The maximum Gasteiger partial charge on any atom is 0.253 e. The average molecular weight is 288 g/mol. The minimum absolute atomic E-state index is 0.0550. The Kier molecular flexibility index (Phi) is 4.92. The number of hydrogen-bond acceptors (Lipinski definition) is 2. The summed E-state index contributed by atoms with van der Waals surface area (Å²) in [5, 5.41) is 6.49. The zero-order valence-corrected chi connectivity index (χ0v) is 13.8. The quantitative estimate of drug-likeness (QED) is 0.875. The number of rotatable bonds is 4. The fourth-order valence-corrected chi connectivity index (χ4v) is 3.00. The summed E-state index contributed by atoms with van der Waals surface area (Å²) in [5.41, 5.74) is 3.24. The largest absolute Gasteiger partial charge is 0.385 e. The highest BCUT2D eigenvalue weighted by atomic mass is 16.1. The van der Waals surface area contributed by atoms with Gasteiger partial charge in [-0.1, -0.05) is 25.5 Å². The van der Waals surface area contributed by atoms with Gasteiger partial charge in [-0.2, -0.15) is 0 Å². The molecule has 21 heavy (non-hydrogen) atoms. The molecule has 0 radical (unpaired) electrons. The monoisotopic (exact) mass is 288 g/mol. The number of benzene rings is 1. The molecule has 1 aliphatic rings. The van der Waals surface area contributed by atoms with Crippen molar-refractivity contribution >= 4 is 11.6 Å². The number of anilines is 1. The molecule has 0 heterocycles. The van der Waals surface area contributed by atoms with Gasteiger partial charge in [-0.25, -0.2) is 0 Å². The van der Waals surface area contributed by atoms with E-state index < -0.39 is 0 Å². The zero-order valence-electron chi connectivity index (χ0n) is 13.8. The molecule has 1 aliphatic carbocycles. The summed E-state index contributed by atoms with van der Waals surface area (Å²) < 4.78 is 0. The van der Waals surface area contributed by atoms with Crippen molar-refractivity contribution in [3.8, 4) is 0 Å². The second-order valence-electron chi connectivity index (χ2n) is 6.99. The number of nitrogens with one attached hydrogen (secondary N) is 2. The fourth-order valence-electron chi connectivity index (χ4n) is 3.00. The highest BCUT2D eigenvalue weighted by Gasteiger charge is 2.28. The van der Waals surface area contributed by atoms with Crippen molar-refractivity contribution in [3.63, 3.8) is 0 Å². The molecule has 1 aromatic carbocycles. The lowest BCUT2D eigenvalue weighted by Crippen LogP contribution is -2.39. The van der Waals surface area contributed by atoms with E-state index in [9.17, 15) is 4.79 Å². The molecular weight excluding hydrogens is 260 g/mol. The third-order valence-electron chi connectivity index (χ3n) is 4.46. The molecule has 0 atom stereocenters. The zero-order chi connectivity index (χ0) is 15.5. The Morgan fingerprint density at radius 1 is 1.29 bits per heavy atom. The minimum Gasteiger partial charge on any atom is -0.385 e. The Labute approximate surface area is 128 Å². The predicted molar refractivity (Wildman–Crippen MR) is 88.8 cm³/mol. The summed E-state index contributed by atoms with van der Waals surface area (Å²) in [6.45, 7) is 9.52. The topological polar surface area (TPSA) is 41.1 Å². The molecule has 0 spiro atoms. The first-order valence-corrected chi connectivity index (χ1v) is 8.07. The summed E-state index contributed by atoms with van der Waals surface area (Å²) >= 11 is 0. The van der Waals surface area contributed by atoms with Gasteiger partial charge in [0.25, 0.3) is 5.91 Å². The lowest BCUT2D eigenvalue weighted by atomic mass is 9.75. The molecule has 2 rings (SSSR count). The molecule has 1 amide bonds. The minimum atomic E-state index is 0.0550. The van der Waals surface area contributed by atoms with Crippen LogP contribution in [0.2, 0.25) is 0 Å². The summed E-state index contributed by atoms with van der Waals surface area (Å²) in [6, 6.07) is 6.33. The first-order valence-electron chi connectivity index (χ1n) is 8.07. The Bertz CT molecular complexity index is 498. The third-order valence-corrected chi connectivity index (χ3v) is 4.46. The van der Waals surface area contributed by atoms with Crippen LogP contribution in [0, 0.1) is 12.3 Å². The van der Waals surface area contributed by atoms with Crippen LogP contribution in [-0.2, 0) is 0 Å². The van der Waals surface area contributed by atoms with Crippen LogP contribution in [-0.4, -0.2) is 18.5 Å². The molecule has 0 unspecified atom stereocenters. The van der Waals surface area contributed by atoms with E-state index in [0.717, 1.165) is 36.2 Å². The van der Waals surface area contributed by atoms with E-state index in [1.165, 1.54) is 12.8 Å². The van der Waals surface area contributed by atoms with Crippen molar-refractivity contribution in [1.29, 1.82) is 0 Å². The van der Waals surface area contributed by atoms with Crippen LogP contribution in [0.4, 0.5) is 5.69 Å². The van der Waals surface area contributed by atoms with Gasteiger partial charge in [0.1, 0.15) is 0 Å². The fraction of sp³-hybridized carbons (Fsp3) is 0.611. The van der Waals surface area contributed by atoms with Crippen LogP contribution in [0.5, 0.6) is 0 Å². The Morgan fingerprint density at radius 2 is 1.95 bits per heavy atom. The third kappa shape index (κ3) is 4.23. The second kappa shape index (κ2) is 6.50. The molecule has 116 valence electrons. The molecule has 3 heteroatoms. The maximum absolute atomic E-state index is 12.6. The molecule has 0 aromatic heterocycles. The summed E-state index contributed by atoms with van der Waals surface area (Å²) in [5.74, 6) is 0.0550. The van der Waals surface area contributed by atoms with Crippen molar-refractivity contribution in [2.75, 3.05) is 11.9 Å². The molecular formula is C18H28N2O. The van der Waals surface area contributed by atoms with E-state index in [4.69, 9.17) is 0 Å². The molecule has 2 N–H and O–H groups in total. The standard InChI is InChI=1S/C18H28N2O/c1-5-19-16-7-6-13(2)12-15(16)17(21)20-14-8-10-18(3,4)11-9-14/h6-7,12,14,19H,5,8-11H2,1-4H3,(H,20,21). The molecule has 3 nitrogen and oxygen atoms in total. The van der Waals surface area contributed by atoms with Crippen LogP contribution in [0.25, 0.3) is 0 Å². The number of hydrogen-bond donors (Lipinski definition) is 2. The Hall–Kier alpha value is -1.51. The van der Waals surface area contributed by atoms with Gasteiger partial charge in [-0.3, -0.25) is 4.79 Å². The van der Waals surface area contributed by atoms with E-state index >= 15 is 0 Å². The van der Waals surface area contributed by atoms with Gasteiger partial charge >= 0.3 is 0 Å². The number of carbonyl (C=O) groups is 1. The van der Waals surface area contributed by atoms with Crippen molar-refractivity contribution in [1.82, 2.24) is 5.32 Å². The lowest BCUT2D eigenvalue weighted by molar-refractivity contribution is 0.0910.